The lowest BCUT2D eigenvalue weighted by molar-refractivity contribution is -0.120. The van der Waals surface area contributed by atoms with Crippen molar-refractivity contribution in [3.05, 3.63) is 45.6 Å². The van der Waals surface area contributed by atoms with E-state index in [1.807, 2.05) is 17.5 Å². The molecule has 1 aromatic heterocycles. The third kappa shape index (κ3) is 3.80. The van der Waals surface area contributed by atoms with Crippen molar-refractivity contribution in [3.8, 4) is 5.75 Å². The number of halogens is 1. The summed E-state index contributed by atoms with van der Waals surface area (Å²) in [7, 11) is -2.46. The van der Waals surface area contributed by atoms with Crippen molar-refractivity contribution < 1.29 is 18.3 Å². The van der Waals surface area contributed by atoms with Crippen LogP contribution in [0, 0.1) is 0 Å². The van der Waals surface area contributed by atoms with Crippen molar-refractivity contribution in [2.24, 2.45) is 0 Å². The van der Waals surface area contributed by atoms with E-state index in [0.717, 1.165) is 9.18 Å². The molecule has 7 nitrogen and oxygen atoms in total. The minimum Gasteiger partial charge on any atom is -0.506 e. The monoisotopic (exact) mass is 401 g/mol. The number of carbonyl (C=O) groups excluding carboxylic acids is 1. The Morgan fingerprint density at radius 3 is 2.88 bits per heavy atom. The van der Waals surface area contributed by atoms with Gasteiger partial charge >= 0.3 is 0 Å². The van der Waals surface area contributed by atoms with Crippen LogP contribution >= 0.6 is 22.9 Å². The summed E-state index contributed by atoms with van der Waals surface area (Å²) in [5.74, 6) is -0.682. The summed E-state index contributed by atoms with van der Waals surface area (Å²) in [4.78, 5) is 13.5. The van der Waals surface area contributed by atoms with Crippen LogP contribution in [0.4, 0.5) is 5.69 Å². The van der Waals surface area contributed by atoms with Gasteiger partial charge < -0.3 is 10.4 Å². The fourth-order valence-electron chi connectivity index (χ4n) is 2.61. The van der Waals surface area contributed by atoms with Gasteiger partial charge in [0.25, 0.3) is 10.2 Å². The van der Waals surface area contributed by atoms with E-state index in [0.29, 0.717) is 5.02 Å². The van der Waals surface area contributed by atoms with Gasteiger partial charge in [-0.15, -0.1) is 11.3 Å². The summed E-state index contributed by atoms with van der Waals surface area (Å²) < 4.78 is 28.3. The van der Waals surface area contributed by atoms with Gasteiger partial charge in [-0.2, -0.15) is 17.4 Å². The quantitative estimate of drug-likeness (QED) is 0.687. The molecule has 25 heavy (non-hydrogen) atoms. The zero-order valence-corrected chi connectivity index (χ0v) is 15.5. The van der Waals surface area contributed by atoms with Crippen LogP contribution in [0.5, 0.6) is 5.75 Å². The first-order valence-corrected chi connectivity index (χ1v) is 10.1. The van der Waals surface area contributed by atoms with Crippen molar-refractivity contribution in [3.63, 3.8) is 0 Å². The largest absolute Gasteiger partial charge is 0.506 e. The number of likely N-dealkylation sites (N-methyl/N-ethyl adjacent to an activating group) is 1. The zero-order valence-electron chi connectivity index (χ0n) is 13.1. The number of aromatic hydroxyl groups is 1. The van der Waals surface area contributed by atoms with Crippen molar-refractivity contribution >= 4 is 44.7 Å². The Bertz CT molecular complexity index is 886. The maximum absolute atomic E-state index is 12.6. The number of nitrogens with zero attached hydrogens (tertiary/aromatic N) is 1. The molecule has 2 atom stereocenters. The molecule has 0 radical (unpaired) electrons. The molecule has 1 aliphatic rings. The van der Waals surface area contributed by atoms with Crippen molar-refractivity contribution in [1.82, 2.24) is 9.03 Å². The first-order chi connectivity index (χ1) is 11.8. The maximum atomic E-state index is 12.6. The van der Waals surface area contributed by atoms with Gasteiger partial charge in [0.05, 0.1) is 11.7 Å². The van der Waals surface area contributed by atoms with E-state index in [-0.39, 0.29) is 17.9 Å². The number of amides is 1. The molecular weight excluding hydrogens is 386 g/mol. The van der Waals surface area contributed by atoms with Crippen LogP contribution < -0.4 is 10.0 Å². The number of phenols is 1. The molecule has 3 N–H and O–H groups in total. The van der Waals surface area contributed by atoms with Crippen molar-refractivity contribution in [1.29, 1.82) is 0 Å². The molecule has 0 bridgehead atoms. The zero-order chi connectivity index (χ0) is 18.2. The average Bonchev–Trinajstić information content (AvgIpc) is 3.07. The van der Waals surface area contributed by atoms with E-state index in [1.165, 1.54) is 36.6 Å². The SMILES string of the molecule is CN1[C@@H](C(=O)Nc2cc(Cl)ccc2O)C[C@@H](c2cccs2)NS1(=O)=O. The molecule has 1 fully saturated rings. The van der Waals surface area contributed by atoms with E-state index in [4.69, 9.17) is 11.6 Å². The molecule has 2 aromatic rings. The highest BCUT2D eigenvalue weighted by Gasteiger charge is 2.41. The highest BCUT2D eigenvalue weighted by Crippen LogP contribution is 2.32. The molecule has 3 rings (SSSR count). The fourth-order valence-corrected chi connectivity index (χ4v) is 4.91. The lowest BCUT2D eigenvalue weighted by atomic mass is 10.1. The molecule has 1 amide bonds. The third-order valence-corrected chi connectivity index (χ3v) is 6.79. The number of carbonyl (C=O) groups is 1. The average molecular weight is 402 g/mol. The third-order valence-electron chi connectivity index (χ3n) is 3.97. The molecule has 1 aromatic carbocycles. The summed E-state index contributed by atoms with van der Waals surface area (Å²) in [6.07, 6.45) is 0.267. The van der Waals surface area contributed by atoms with Gasteiger partial charge in [-0.3, -0.25) is 4.79 Å². The molecule has 0 spiro atoms. The van der Waals surface area contributed by atoms with Crippen molar-refractivity contribution in [2.75, 3.05) is 12.4 Å². The van der Waals surface area contributed by atoms with Crippen molar-refractivity contribution in [2.45, 2.75) is 18.5 Å². The molecule has 134 valence electrons. The van der Waals surface area contributed by atoms with Gasteiger partial charge in [0.2, 0.25) is 5.91 Å². The number of nitrogens with one attached hydrogen (secondary N) is 2. The number of hydrogen-bond donors (Lipinski definition) is 3. The number of hydrogen-bond acceptors (Lipinski definition) is 5. The number of phenolic OH excluding ortho intramolecular Hbond substituents is 1. The summed E-state index contributed by atoms with van der Waals surface area (Å²) in [5.41, 5.74) is 0.134. The lowest BCUT2D eigenvalue weighted by Crippen LogP contribution is -2.55. The summed E-state index contributed by atoms with van der Waals surface area (Å²) in [6, 6.07) is 6.49. The van der Waals surface area contributed by atoms with E-state index < -0.39 is 28.2 Å². The van der Waals surface area contributed by atoms with Gasteiger partial charge in [-0.25, -0.2) is 0 Å². The Morgan fingerprint density at radius 1 is 1.44 bits per heavy atom. The van der Waals surface area contributed by atoms with Crippen LogP contribution in [-0.2, 0) is 15.0 Å². The summed E-state index contributed by atoms with van der Waals surface area (Å²) in [6.45, 7) is 0. The second-order valence-corrected chi connectivity index (χ2v) is 8.79. The number of rotatable bonds is 3. The molecule has 0 aliphatic carbocycles. The Morgan fingerprint density at radius 2 is 2.20 bits per heavy atom. The Kier molecular flexibility index (Phi) is 5.03. The van der Waals surface area contributed by atoms with E-state index in [9.17, 15) is 18.3 Å². The molecular formula is C15H16ClN3O4S2. The van der Waals surface area contributed by atoms with Crippen LogP contribution in [0.15, 0.2) is 35.7 Å². The summed E-state index contributed by atoms with van der Waals surface area (Å²) in [5, 5.41) is 14.6. The standard InChI is InChI=1S/C15H16ClN3O4S2/c1-19-12(15(21)17-10-7-9(16)4-5-13(10)20)8-11(18-25(19,22)23)14-3-2-6-24-14/h2-7,11-12,18,20H,8H2,1H3,(H,17,21)/t11-,12+/m0/s1. The Hall–Kier alpha value is -1.65. The number of benzene rings is 1. The first kappa shape index (κ1) is 18.2. The predicted molar refractivity (Wildman–Crippen MR) is 97.0 cm³/mol. The second-order valence-electron chi connectivity index (χ2n) is 5.61. The highest BCUT2D eigenvalue weighted by molar-refractivity contribution is 7.87. The van der Waals surface area contributed by atoms with Gasteiger partial charge in [-0.1, -0.05) is 17.7 Å². The summed E-state index contributed by atoms with van der Waals surface area (Å²) >= 11 is 7.29. The Labute approximate surface area is 154 Å². The predicted octanol–water partition coefficient (Wildman–Crippen LogP) is 2.33. The molecule has 0 unspecified atom stereocenters. The topological polar surface area (TPSA) is 98.7 Å². The molecule has 10 heteroatoms. The number of thiophene rings is 1. The minimum atomic E-state index is -3.80. The molecule has 1 aliphatic heterocycles. The lowest BCUT2D eigenvalue weighted by Gasteiger charge is -2.35. The van der Waals surface area contributed by atoms with E-state index in [1.54, 1.807) is 0 Å². The van der Waals surface area contributed by atoms with Gasteiger partial charge in [0.1, 0.15) is 11.8 Å². The number of anilines is 1. The smallest absolute Gasteiger partial charge is 0.280 e. The van der Waals surface area contributed by atoms with Gasteiger partial charge in [0.15, 0.2) is 0 Å². The first-order valence-electron chi connectivity index (χ1n) is 7.36. The second kappa shape index (κ2) is 6.93. The van der Waals surface area contributed by atoms with E-state index in [2.05, 4.69) is 10.0 Å². The van der Waals surface area contributed by atoms with Crippen LogP contribution in [-0.4, -0.2) is 36.8 Å². The minimum absolute atomic E-state index is 0.134. The van der Waals surface area contributed by atoms with Gasteiger partial charge in [0, 0.05) is 16.9 Å². The maximum Gasteiger partial charge on any atom is 0.280 e. The van der Waals surface area contributed by atoms with Crippen LogP contribution in [0.3, 0.4) is 0 Å². The molecule has 0 saturated carbocycles. The van der Waals surface area contributed by atoms with Crippen LogP contribution in [0.25, 0.3) is 0 Å². The van der Waals surface area contributed by atoms with Crippen LogP contribution in [0.2, 0.25) is 5.02 Å². The van der Waals surface area contributed by atoms with Crippen LogP contribution in [0.1, 0.15) is 17.3 Å². The van der Waals surface area contributed by atoms with E-state index >= 15 is 0 Å². The highest BCUT2D eigenvalue weighted by atomic mass is 35.5. The molecule has 1 saturated heterocycles. The normalized spacial score (nSPS) is 23.3. The Balaban J connectivity index is 1.85. The van der Waals surface area contributed by atoms with Gasteiger partial charge in [-0.05, 0) is 36.1 Å². The molecule has 2 heterocycles. The fraction of sp³-hybridized carbons (Fsp3) is 0.267.